The summed E-state index contributed by atoms with van der Waals surface area (Å²) in [4.78, 5) is 47.4. The molecule has 0 atom stereocenters. The van der Waals surface area contributed by atoms with Gasteiger partial charge in [0.15, 0.2) is 0 Å². The molecule has 0 aliphatic heterocycles. The Hall–Kier alpha value is -2.12. The second kappa shape index (κ2) is 7.19. The van der Waals surface area contributed by atoms with Crippen LogP contribution in [-0.2, 0) is 19.2 Å². The zero-order valence-corrected chi connectivity index (χ0v) is 13.8. The molecule has 24 heavy (non-hydrogen) atoms. The molecular weight excluding hydrogens is 320 g/mol. The molecular formula is C16H24O8. The van der Waals surface area contributed by atoms with Gasteiger partial charge < -0.3 is 20.4 Å². The van der Waals surface area contributed by atoms with E-state index in [2.05, 4.69) is 0 Å². The third-order valence-corrected chi connectivity index (χ3v) is 5.24. The van der Waals surface area contributed by atoms with E-state index in [9.17, 15) is 39.6 Å². The van der Waals surface area contributed by atoms with Crippen LogP contribution in [-0.4, -0.2) is 44.3 Å². The molecule has 1 rings (SSSR count). The predicted octanol–water partition coefficient (Wildman–Crippen LogP) is 1.92. The Morgan fingerprint density at radius 2 is 1.00 bits per heavy atom. The summed E-state index contributed by atoms with van der Waals surface area (Å²) < 4.78 is 0. The lowest BCUT2D eigenvalue weighted by Gasteiger charge is -2.60. The zero-order chi connectivity index (χ0) is 18.7. The number of carboxylic acids is 4. The van der Waals surface area contributed by atoms with Crippen LogP contribution in [0.3, 0.4) is 0 Å². The van der Waals surface area contributed by atoms with E-state index in [0.29, 0.717) is 25.7 Å². The first-order chi connectivity index (χ1) is 11.1. The third kappa shape index (κ3) is 2.63. The highest BCUT2D eigenvalue weighted by Gasteiger charge is 2.81. The van der Waals surface area contributed by atoms with Crippen LogP contribution < -0.4 is 0 Å². The number of carboxylic acid groups (broad SMARTS) is 4. The van der Waals surface area contributed by atoms with Gasteiger partial charge in [0.1, 0.15) is 0 Å². The van der Waals surface area contributed by atoms with Gasteiger partial charge in [0, 0.05) is 0 Å². The van der Waals surface area contributed by atoms with Gasteiger partial charge in [-0.3, -0.25) is 19.2 Å². The highest BCUT2D eigenvalue weighted by atomic mass is 16.4. The van der Waals surface area contributed by atoms with Crippen molar-refractivity contribution in [1.29, 1.82) is 0 Å². The molecule has 0 radical (unpaired) electrons. The topological polar surface area (TPSA) is 149 Å². The molecule has 4 N–H and O–H groups in total. The van der Waals surface area contributed by atoms with Gasteiger partial charge in [-0.2, -0.15) is 0 Å². The molecule has 1 aliphatic carbocycles. The largest absolute Gasteiger partial charge is 0.481 e. The van der Waals surface area contributed by atoms with E-state index in [-0.39, 0.29) is 12.8 Å². The fourth-order valence-electron chi connectivity index (χ4n) is 4.26. The number of aliphatic carboxylic acids is 4. The van der Waals surface area contributed by atoms with Gasteiger partial charge in [0.25, 0.3) is 0 Å². The molecule has 0 amide bonds. The van der Waals surface area contributed by atoms with Gasteiger partial charge in [-0.15, -0.1) is 0 Å². The van der Waals surface area contributed by atoms with Gasteiger partial charge in [0.2, 0.25) is 0 Å². The van der Waals surface area contributed by atoms with Crippen LogP contribution in [0.4, 0.5) is 0 Å². The maximum atomic E-state index is 11.9. The Kier molecular flexibility index (Phi) is 5.97. The average molecular weight is 344 g/mol. The zero-order valence-electron chi connectivity index (χ0n) is 13.8. The molecule has 0 unspecified atom stereocenters. The first-order valence-corrected chi connectivity index (χ1v) is 8.06. The smallest absolute Gasteiger partial charge is 0.311 e. The number of rotatable bonds is 10. The molecule has 1 fully saturated rings. The Balaban J connectivity index is 3.59. The summed E-state index contributed by atoms with van der Waals surface area (Å²) in [6.07, 6.45) is 1.36. The Labute approximate surface area is 139 Å². The van der Waals surface area contributed by atoms with E-state index in [1.54, 1.807) is 13.8 Å². The summed E-state index contributed by atoms with van der Waals surface area (Å²) in [5, 5.41) is 38.5. The summed E-state index contributed by atoms with van der Waals surface area (Å²) in [5.41, 5.74) is -4.19. The fourth-order valence-corrected chi connectivity index (χ4v) is 4.26. The number of hydrogen-bond donors (Lipinski definition) is 4. The molecule has 8 nitrogen and oxygen atoms in total. The first kappa shape index (κ1) is 19.9. The summed E-state index contributed by atoms with van der Waals surface area (Å²) in [5.74, 6) is -9.76. The second-order valence-electron chi connectivity index (χ2n) is 6.44. The number of hydrogen-bond acceptors (Lipinski definition) is 4. The molecule has 0 aromatic heterocycles. The van der Waals surface area contributed by atoms with Crippen molar-refractivity contribution in [3.05, 3.63) is 0 Å². The highest BCUT2D eigenvalue weighted by Crippen LogP contribution is 2.68. The van der Waals surface area contributed by atoms with E-state index in [0.717, 1.165) is 0 Å². The lowest BCUT2D eigenvalue weighted by Crippen LogP contribution is -2.74. The van der Waals surface area contributed by atoms with Crippen LogP contribution in [0.1, 0.15) is 52.4 Å². The minimum atomic E-state index is -2.10. The summed E-state index contributed by atoms with van der Waals surface area (Å²) >= 11 is 0. The third-order valence-electron chi connectivity index (χ3n) is 5.24. The predicted molar refractivity (Wildman–Crippen MR) is 81.4 cm³/mol. The van der Waals surface area contributed by atoms with E-state index >= 15 is 0 Å². The minimum absolute atomic E-state index is 0.173. The average Bonchev–Trinajstić information content (AvgIpc) is 2.44. The lowest BCUT2D eigenvalue weighted by atomic mass is 9.36. The molecule has 0 saturated heterocycles. The maximum Gasteiger partial charge on any atom is 0.311 e. The molecule has 0 heterocycles. The van der Waals surface area contributed by atoms with Crippen LogP contribution >= 0.6 is 0 Å². The number of carbonyl (C=O) groups is 4. The second-order valence-corrected chi connectivity index (χ2v) is 6.44. The van der Waals surface area contributed by atoms with Crippen LogP contribution in [0.5, 0.6) is 0 Å². The molecule has 0 aromatic rings. The highest BCUT2D eigenvalue weighted by molar-refractivity contribution is 6.01. The molecule has 0 aromatic carbocycles. The van der Waals surface area contributed by atoms with Crippen molar-refractivity contribution >= 4 is 23.9 Å². The Bertz CT molecular complexity index is 482. The standard InChI is InChI=1S/C16H24O8/c1-3-5-7-15(13(21)22)9(11(17)18)16(14(23)24,8-6-4-2)10(15)12(19)20/h9-10H,3-8H2,1-2H3,(H,17,18)(H,19,20)(H,21,22)(H,23,24). The summed E-state index contributed by atoms with van der Waals surface area (Å²) in [7, 11) is 0. The Morgan fingerprint density at radius 1 is 0.708 bits per heavy atom. The van der Waals surface area contributed by atoms with Crippen LogP contribution in [0.15, 0.2) is 0 Å². The van der Waals surface area contributed by atoms with E-state index < -0.39 is 46.5 Å². The monoisotopic (exact) mass is 344 g/mol. The maximum absolute atomic E-state index is 11.9. The van der Waals surface area contributed by atoms with Crippen molar-refractivity contribution in [2.24, 2.45) is 22.7 Å². The fraction of sp³-hybridized carbons (Fsp3) is 0.750. The number of unbranched alkanes of at least 4 members (excludes halogenated alkanes) is 2. The molecule has 136 valence electrons. The first-order valence-electron chi connectivity index (χ1n) is 8.06. The van der Waals surface area contributed by atoms with Crippen LogP contribution in [0, 0.1) is 22.7 Å². The van der Waals surface area contributed by atoms with Crippen molar-refractivity contribution in [1.82, 2.24) is 0 Å². The molecule has 1 aliphatic rings. The van der Waals surface area contributed by atoms with Crippen LogP contribution in [0.25, 0.3) is 0 Å². The van der Waals surface area contributed by atoms with Crippen molar-refractivity contribution in [2.75, 3.05) is 0 Å². The van der Waals surface area contributed by atoms with Gasteiger partial charge in [0.05, 0.1) is 22.7 Å². The Morgan fingerprint density at radius 3 is 1.17 bits per heavy atom. The normalized spacial score (nSPS) is 31.9. The van der Waals surface area contributed by atoms with Gasteiger partial charge in [-0.25, -0.2) is 0 Å². The van der Waals surface area contributed by atoms with E-state index in [1.165, 1.54) is 0 Å². The SMILES string of the molecule is CCCCC1(C(=O)O)C(C(=O)O)C(CCCC)(C(=O)O)C1C(=O)O. The quantitative estimate of drug-likeness (QED) is 0.469. The van der Waals surface area contributed by atoms with Gasteiger partial charge in [-0.1, -0.05) is 39.5 Å². The van der Waals surface area contributed by atoms with E-state index in [1.807, 2.05) is 0 Å². The van der Waals surface area contributed by atoms with Crippen LogP contribution in [0.2, 0.25) is 0 Å². The van der Waals surface area contributed by atoms with Crippen molar-refractivity contribution in [3.8, 4) is 0 Å². The summed E-state index contributed by atoms with van der Waals surface area (Å²) in [6, 6.07) is 0. The van der Waals surface area contributed by atoms with Crippen molar-refractivity contribution in [3.63, 3.8) is 0 Å². The lowest BCUT2D eigenvalue weighted by molar-refractivity contribution is -0.241. The van der Waals surface area contributed by atoms with Gasteiger partial charge in [-0.05, 0) is 12.8 Å². The molecule has 1 saturated carbocycles. The molecule has 8 heteroatoms. The molecule has 0 spiro atoms. The minimum Gasteiger partial charge on any atom is -0.481 e. The molecule has 0 bridgehead atoms. The van der Waals surface area contributed by atoms with Crippen molar-refractivity contribution < 1.29 is 39.6 Å². The van der Waals surface area contributed by atoms with Crippen molar-refractivity contribution in [2.45, 2.75) is 52.4 Å². The van der Waals surface area contributed by atoms with Gasteiger partial charge >= 0.3 is 23.9 Å². The summed E-state index contributed by atoms with van der Waals surface area (Å²) in [6.45, 7) is 3.53. The van der Waals surface area contributed by atoms with E-state index in [4.69, 9.17) is 0 Å².